The molecular formula is C16H13FIN5O. The average molecular weight is 437 g/mol. The van der Waals surface area contributed by atoms with Crippen LogP contribution >= 0.6 is 22.6 Å². The number of rotatable bonds is 5. The van der Waals surface area contributed by atoms with E-state index in [2.05, 4.69) is 48.2 Å². The fourth-order valence-corrected chi connectivity index (χ4v) is 2.32. The topological polar surface area (TPSA) is 72.0 Å². The van der Waals surface area contributed by atoms with Crippen molar-refractivity contribution in [3.63, 3.8) is 0 Å². The van der Waals surface area contributed by atoms with Crippen LogP contribution in [0.3, 0.4) is 0 Å². The first-order valence-electron chi connectivity index (χ1n) is 6.96. The Kier molecular flexibility index (Phi) is 5.04. The number of benzene rings is 1. The van der Waals surface area contributed by atoms with Gasteiger partial charge in [-0.2, -0.15) is 4.98 Å². The Hall–Kier alpha value is -2.49. The molecule has 2 N–H and O–H groups in total. The molecule has 0 spiro atoms. The fraction of sp³-hybridized carbons (Fsp3) is 0.0625. The van der Waals surface area contributed by atoms with Gasteiger partial charge in [-0.25, -0.2) is 14.4 Å². The van der Waals surface area contributed by atoms with Crippen molar-refractivity contribution in [2.24, 2.45) is 0 Å². The highest BCUT2D eigenvalue weighted by Gasteiger charge is 2.07. The number of hydrogen-bond donors (Lipinski definition) is 2. The van der Waals surface area contributed by atoms with Gasteiger partial charge in [0.15, 0.2) is 0 Å². The zero-order valence-electron chi connectivity index (χ0n) is 12.6. The lowest BCUT2D eigenvalue weighted by molar-refractivity contribution is 0.398. The predicted octanol–water partition coefficient (Wildman–Crippen LogP) is 4.11. The minimum absolute atomic E-state index is 0.326. The van der Waals surface area contributed by atoms with Crippen molar-refractivity contribution in [2.45, 2.75) is 0 Å². The lowest BCUT2D eigenvalue weighted by atomic mass is 10.3. The summed E-state index contributed by atoms with van der Waals surface area (Å²) in [5, 5.41) is 6.15. The molecule has 3 aromatic rings. The molecule has 0 aliphatic rings. The highest BCUT2D eigenvalue weighted by atomic mass is 127. The summed E-state index contributed by atoms with van der Waals surface area (Å²) < 4.78 is 19.1. The van der Waals surface area contributed by atoms with Gasteiger partial charge >= 0.3 is 0 Å². The molecule has 6 nitrogen and oxygen atoms in total. The van der Waals surface area contributed by atoms with E-state index in [4.69, 9.17) is 4.74 Å². The van der Waals surface area contributed by atoms with Gasteiger partial charge < -0.3 is 15.4 Å². The molecule has 0 aliphatic heterocycles. The smallest absolute Gasteiger partial charge is 0.229 e. The number of nitrogens with zero attached hydrogens (tertiary/aromatic N) is 3. The fourth-order valence-electron chi connectivity index (χ4n) is 1.92. The maximum absolute atomic E-state index is 13.3. The summed E-state index contributed by atoms with van der Waals surface area (Å²) in [5.41, 5.74) is 1.34. The number of aromatic nitrogens is 3. The van der Waals surface area contributed by atoms with E-state index in [9.17, 15) is 4.39 Å². The monoisotopic (exact) mass is 437 g/mol. The van der Waals surface area contributed by atoms with Crippen LogP contribution in [0.2, 0.25) is 0 Å². The summed E-state index contributed by atoms with van der Waals surface area (Å²) in [6, 6.07) is 9.70. The van der Waals surface area contributed by atoms with Crippen LogP contribution in [0.1, 0.15) is 0 Å². The minimum atomic E-state index is -0.326. The Morgan fingerprint density at radius 3 is 2.62 bits per heavy atom. The molecule has 3 rings (SSSR count). The standard InChI is InChI=1S/C16H13FIN5O/c1-24-14-6-5-12(8-19-14)21-15-13(18)9-20-16(23-15)22-11-4-2-3-10(17)7-11/h2-9H,1H3,(H2,20,21,22,23). The molecule has 0 fully saturated rings. The van der Waals surface area contributed by atoms with Crippen LogP contribution in [0.5, 0.6) is 5.88 Å². The number of halogens is 2. The maximum atomic E-state index is 13.3. The average Bonchev–Trinajstić information content (AvgIpc) is 2.59. The van der Waals surface area contributed by atoms with E-state index in [0.717, 1.165) is 9.26 Å². The number of hydrogen-bond acceptors (Lipinski definition) is 6. The van der Waals surface area contributed by atoms with E-state index < -0.39 is 0 Å². The largest absolute Gasteiger partial charge is 0.481 e. The third kappa shape index (κ3) is 4.07. The SMILES string of the molecule is COc1ccc(Nc2nc(Nc3cccc(F)c3)ncc2I)cn1. The molecule has 2 heterocycles. The summed E-state index contributed by atoms with van der Waals surface area (Å²) >= 11 is 2.13. The molecular weight excluding hydrogens is 424 g/mol. The zero-order valence-corrected chi connectivity index (χ0v) is 14.8. The zero-order chi connectivity index (χ0) is 16.9. The lowest BCUT2D eigenvalue weighted by Crippen LogP contribution is -2.03. The Morgan fingerprint density at radius 2 is 1.92 bits per heavy atom. The molecule has 0 radical (unpaired) electrons. The van der Waals surface area contributed by atoms with Crippen molar-refractivity contribution in [1.29, 1.82) is 0 Å². The molecule has 0 unspecified atom stereocenters. The van der Waals surface area contributed by atoms with Crippen molar-refractivity contribution in [3.8, 4) is 5.88 Å². The van der Waals surface area contributed by atoms with Gasteiger partial charge in [0.1, 0.15) is 11.6 Å². The van der Waals surface area contributed by atoms with Crippen LogP contribution < -0.4 is 15.4 Å². The Balaban J connectivity index is 1.80. The number of anilines is 4. The van der Waals surface area contributed by atoms with Crippen molar-refractivity contribution < 1.29 is 9.13 Å². The van der Waals surface area contributed by atoms with Crippen LogP contribution in [-0.2, 0) is 0 Å². The van der Waals surface area contributed by atoms with Crippen molar-refractivity contribution in [2.75, 3.05) is 17.7 Å². The first-order valence-corrected chi connectivity index (χ1v) is 8.04. The van der Waals surface area contributed by atoms with Gasteiger partial charge in [0.2, 0.25) is 11.8 Å². The van der Waals surface area contributed by atoms with Crippen LogP contribution in [0.4, 0.5) is 27.5 Å². The van der Waals surface area contributed by atoms with Gasteiger partial charge in [-0.15, -0.1) is 0 Å². The molecule has 1 aromatic carbocycles. The third-order valence-corrected chi connectivity index (χ3v) is 3.82. The second-order valence-electron chi connectivity index (χ2n) is 4.74. The van der Waals surface area contributed by atoms with E-state index in [1.165, 1.54) is 12.1 Å². The van der Waals surface area contributed by atoms with E-state index in [1.807, 2.05) is 6.07 Å². The molecule has 0 saturated heterocycles. The highest BCUT2D eigenvalue weighted by molar-refractivity contribution is 14.1. The summed E-state index contributed by atoms with van der Waals surface area (Å²) in [6.45, 7) is 0. The molecule has 0 atom stereocenters. The van der Waals surface area contributed by atoms with Gasteiger partial charge in [-0.3, -0.25) is 0 Å². The van der Waals surface area contributed by atoms with Gasteiger partial charge in [0.05, 0.1) is 22.6 Å². The highest BCUT2D eigenvalue weighted by Crippen LogP contribution is 2.23. The third-order valence-electron chi connectivity index (χ3n) is 3.03. The van der Waals surface area contributed by atoms with Gasteiger partial charge in [0.25, 0.3) is 0 Å². The molecule has 0 bridgehead atoms. The Labute approximate surface area is 151 Å². The van der Waals surface area contributed by atoms with E-state index in [0.29, 0.717) is 23.3 Å². The molecule has 2 aromatic heterocycles. The van der Waals surface area contributed by atoms with E-state index in [-0.39, 0.29) is 5.82 Å². The van der Waals surface area contributed by atoms with Crippen LogP contribution in [0.25, 0.3) is 0 Å². The summed E-state index contributed by atoms with van der Waals surface area (Å²) in [6.07, 6.45) is 3.32. The molecule has 8 heteroatoms. The lowest BCUT2D eigenvalue weighted by Gasteiger charge is -2.10. The summed E-state index contributed by atoms with van der Waals surface area (Å²) in [4.78, 5) is 12.8. The van der Waals surface area contributed by atoms with Crippen molar-refractivity contribution in [3.05, 3.63) is 58.2 Å². The first-order chi connectivity index (χ1) is 11.6. The second kappa shape index (κ2) is 7.39. The predicted molar refractivity (Wildman–Crippen MR) is 98.5 cm³/mol. The molecule has 122 valence electrons. The van der Waals surface area contributed by atoms with Crippen molar-refractivity contribution in [1.82, 2.24) is 15.0 Å². The van der Waals surface area contributed by atoms with Crippen molar-refractivity contribution >= 4 is 45.7 Å². The van der Waals surface area contributed by atoms with Gasteiger partial charge in [-0.1, -0.05) is 6.07 Å². The number of nitrogens with one attached hydrogen (secondary N) is 2. The van der Waals surface area contributed by atoms with E-state index >= 15 is 0 Å². The maximum Gasteiger partial charge on any atom is 0.229 e. The van der Waals surface area contributed by atoms with Gasteiger partial charge in [-0.05, 0) is 46.9 Å². The first kappa shape index (κ1) is 16.4. The molecule has 24 heavy (non-hydrogen) atoms. The number of ether oxygens (including phenoxy) is 1. The number of pyridine rings is 1. The summed E-state index contributed by atoms with van der Waals surface area (Å²) in [5.74, 6) is 1.20. The van der Waals surface area contributed by atoms with Gasteiger partial charge in [0, 0.05) is 18.0 Å². The van der Waals surface area contributed by atoms with Crippen LogP contribution in [0.15, 0.2) is 48.8 Å². The van der Waals surface area contributed by atoms with E-state index in [1.54, 1.807) is 37.7 Å². The normalized spacial score (nSPS) is 10.3. The second-order valence-corrected chi connectivity index (χ2v) is 5.90. The van der Waals surface area contributed by atoms with Crippen LogP contribution in [-0.4, -0.2) is 22.1 Å². The minimum Gasteiger partial charge on any atom is -0.481 e. The molecule has 0 saturated carbocycles. The quantitative estimate of drug-likeness (QED) is 0.586. The summed E-state index contributed by atoms with van der Waals surface area (Å²) in [7, 11) is 1.56. The Morgan fingerprint density at radius 1 is 1.04 bits per heavy atom. The molecule has 0 amide bonds. The Bertz CT molecular complexity index is 844. The number of methoxy groups -OCH3 is 1. The molecule has 0 aliphatic carbocycles. The van der Waals surface area contributed by atoms with Crippen LogP contribution in [0, 0.1) is 9.39 Å².